The Balaban J connectivity index is 1.58. The van der Waals surface area contributed by atoms with Crippen LogP contribution in [0, 0.1) is 10.1 Å². The minimum Gasteiger partial charge on any atom is -0.389 e. The molecule has 0 unspecified atom stereocenters. The molecule has 0 radical (unpaired) electrons. The van der Waals surface area contributed by atoms with Crippen LogP contribution in [0.1, 0.15) is 11.3 Å². The molecule has 0 aliphatic rings. The van der Waals surface area contributed by atoms with E-state index in [1.807, 2.05) is 35.7 Å². The maximum absolute atomic E-state index is 10.7. The van der Waals surface area contributed by atoms with E-state index >= 15 is 0 Å². The van der Waals surface area contributed by atoms with Gasteiger partial charge in [0.05, 0.1) is 16.8 Å². The number of oxime groups is 1. The molecule has 0 saturated carbocycles. The lowest BCUT2D eigenvalue weighted by atomic mass is 10.2. The Morgan fingerprint density at radius 2 is 2.04 bits per heavy atom. The van der Waals surface area contributed by atoms with Gasteiger partial charge in [-0.2, -0.15) is 0 Å². The zero-order chi connectivity index (χ0) is 16.8. The maximum atomic E-state index is 10.7. The monoisotopic (exact) mass is 339 g/mol. The van der Waals surface area contributed by atoms with Gasteiger partial charge in [0.1, 0.15) is 5.01 Å². The second kappa shape index (κ2) is 7.47. The highest BCUT2D eigenvalue weighted by Gasteiger charge is 2.05. The summed E-state index contributed by atoms with van der Waals surface area (Å²) in [6.07, 6.45) is 1.44. The number of rotatable bonds is 6. The fourth-order valence-corrected chi connectivity index (χ4v) is 2.82. The van der Waals surface area contributed by atoms with Crippen molar-refractivity contribution in [2.24, 2.45) is 5.16 Å². The molecule has 0 aliphatic heterocycles. The zero-order valence-electron chi connectivity index (χ0n) is 12.5. The van der Waals surface area contributed by atoms with Gasteiger partial charge in [-0.1, -0.05) is 47.6 Å². The van der Waals surface area contributed by atoms with E-state index in [4.69, 9.17) is 4.84 Å². The van der Waals surface area contributed by atoms with Crippen LogP contribution in [0.5, 0.6) is 0 Å². The molecule has 6 nitrogen and oxygen atoms in total. The van der Waals surface area contributed by atoms with E-state index in [0.29, 0.717) is 5.56 Å². The smallest absolute Gasteiger partial charge is 0.270 e. The Bertz CT molecular complexity index is 862. The third kappa shape index (κ3) is 4.02. The molecule has 2 aromatic carbocycles. The molecule has 0 bridgehead atoms. The molecule has 0 aliphatic carbocycles. The van der Waals surface area contributed by atoms with Crippen molar-refractivity contribution in [2.75, 3.05) is 0 Å². The molecule has 3 aromatic rings. The summed E-state index contributed by atoms with van der Waals surface area (Å²) in [4.78, 5) is 20.0. The molecule has 0 saturated heterocycles. The Labute approximate surface area is 142 Å². The number of nitro groups is 1. The van der Waals surface area contributed by atoms with E-state index in [9.17, 15) is 10.1 Å². The largest absolute Gasteiger partial charge is 0.389 e. The van der Waals surface area contributed by atoms with E-state index in [1.54, 1.807) is 23.5 Å². The molecule has 0 spiro atoms. The summed E-state index contributed by atoms with van der Waals surface area (Å²) in [6.45, 7) is 0.245. The number of nitrogens with zero attached hydrogens (tertiary/aromatic N) is 3. The van der Waals surface area contributed by atoms with Gasteiger partial charge in [-0.15, -0.1) is 11.3 Å². The Kier molecular flexibility index (Phi) is 4.93. The van der Waals surface area contributed by atoms with Gasteiger partial charge < -0.3 is 4.84 Å². The van der Waals surface area contributed by atoms with Gasteiger partial charge in [0.25, 0.3) is 5.69 Å². The van der Waals surface area contributed by atoms with E-state index in [-0.39, 0.29) is 12.3 Å². The van der Waals surface area contributed by atoms with Gasteiger partial charge in [-0.25, -0.2) is 4.98 Å². The number of nitro benzene ring substituents is 1. The number of aromatic nitrogens is 1. The second-order valence-electron chi connectivity index (χ2n) is 4.87. The first-order valence-electron chi connectivity index (χ1n) is 7.12. The van der Waals surface area contributed by atoms with Crippen LogP contribution in [0.4, 0.5) is 5.69 Å². The van der Waals surface area contributed by atoms with Crippen LogP contribution in [-0.2, 0) is 11.4 Å². The first-order valence-corrected chi connectivity index (χ1v) is 8.00. The van der Waals surface area contributed by atoms with Crippen molar-refractivity contribution in [3.05, 3.63) is 81.3 Å². The molecule has 0 atom stereocenters. The van der Waals surface area contributed by atoms with E-state index in [2.05, 4.69) is 10.1 Å². The van der Waals surface area contributed by atoms with Crippen molar-refractivity contribution >= 4 is 23.2 Å². The molecule has 0 amide bonds. The van der Waals surface area contributed by atoms with Gasteiger partial charge in [-0.05, 0) is 0 Å². The summed E-state index contributed by atoms with van der Waals surface area (Å²) in [7, 11) is 0. The molecule has 24 heavy (non-hydrogen) atoms. The van der Waals surface area contributed by atoms with E-state index < -0.39 is 4.92 Å². The highest BCUT2D eigenvalue weighted by atomic mass is 32.1. The molecule has 3 rings (SSSR count). The van der Waals surface area contributed by atoms with Crippen molar-refractivity contribution in [1.82, 2.24) is 4.98 Å². The zero-order valence-corrected chi connectivity index (χ0v) is 13.3. The molecule has 120 valence electrons. The third-order valence-electron chi connectivity index (χ3n) is 3.14. The molecule has 0 fully saturated rings. The lowest BCUT2D eigenvalue weighted by Gasteiger charge is -1.97. The third-order valence-corrected chi connectivity index (χ3v) is 4.08. The van der Waals surface area contributed by atoms with Crippen LogP contribution in [0.25, 0.3) is 10.6 Å². The minimum atomic E-state index is -0.446. The summed E-state index contributed by atoms with van der Waals surface area (Å²) >= 11 is 1.54. The normalized spacial score (nSPS) is 10.8. The first kappa shape index (κ1) is 15.8. The quantitative estimate of drug-likeness (QED) is 0.382. The Morgan fingerprint density at radius 1 is 1.21 bits per heavy atom. The number of benzene rings is 2. The van der Waals surface area contributed by atoms with Gasteiger partial charge >= 0.3 is 0 Å². The SMILES string of the molecule is O=[N+]([O-])c1cccc(/C=N/OCc2csc(-c3ccccc3)n2)c1. The number of hydrogen-bond donors (Lipinski definition) is 0. The van der Waals surface area contributed by atoms with Crippen molar-refractivity contribution in [1.29, 1.82) is 0 Å². The van der Waals surface area contributed by atoms with Gasteiger partial charge in [0.15, 0.2) is 6.61 Å². The summed E-state index contributed by atoms with van der Waals surface area (Å²) in [5.41, 5.74) is 2.47. The minimum absolute atomic E-state index is 0.0194. The fourth-order valence-electron chi connectivity index (χ4n) is 2.01. The summed E-state index contributed by atoms with van der Waals surface area (Å²) in [5, 5.41) is 17.4. The number of thiazole rings is 1. The lowest BCUT2D eigenvalue weighted by Crippen LogP contribution is -1.91. The molecule has 0 N–H and O–H groups in total. The topological polar surface area (TPSA) is 77.6 Å². The van der Waals surface area contributed by atoms with Gasteiger partial charge in [-0.3, -0.25) is 10.1 Å². The summed E-state index contributed by atoms with van der Waals surface area (Å²) < 4.78 is 0. The molecule has 7 heteroatoms. The van der Waals surface area contributed by atoms with Crippen LogP contribution in [0.3, 0.4) is 0 Å². The highest BCUT2D eigenvalue weighted by Crippen LogP contribution is 2.23. The van der Waals surface area contributed by atoms with Crippen molar-refractivity contribution in [3.63, 3.8) is 0 Å². The van der Waals surface area contributed by atoms with Crippen molar-refractivity contribution < 1.29 is 9.76 Å². The van der Waals surface area contributed by atoms with Crippen LogP contribution in [-0.4, -0.2) is 16.1 Å². The fraction of sp³-hybridized carbons (Fsp3) is 0.0588. The molecular formula is C17H13N3O3S. The van der Waals surface area contributed by atoms with Crippen LogP contribution in [0.2, 0.25) is 0 Å². The second-order valence-corrected chi connectivity index (χ2v) is 5.73. The van der Waals surface area contributed by atoms with Crippen molar-refractivity contribution in [3.8, 4) is 10.6 Å². The van der Waals surface area contributed by atoms with Crippen LogP contribution >= 0.6 is 11.3 Å². The molecular weight excluding hydrogens is 326 g/mol. The van der Waals surface area contributed by atoms with Gasteiger partial charge in [0, 0.05) is 28.6 Å². The standard InChI is InChI=1S/C17H13N3O3S/c21-20(22)16-8-4-5-13(9-16)10-18-23-11-15-12-24-17(19-15)14-6-2-1-3-7-14/h1-10,12H,11H2/b18-10+. The van der Waals surface area contributed by atoms with E-state index in [0.717, 1.165) is 16.3 Å². The average molecular weight is 339 g/mol. The summed E-state index contributed by atoms with van der Waals surface area (Å²) in [6, 6.07) is 16.1. The highest BCUT2D eigenvalue weighted by molar-refractivity contribution is 7.13. The van der Waals surface area contributed by atoms with E-state index in [1.165, 1.54) is 18.3 Å². The Hall–Kier alpha value is -3.06. The molecule has 1 aromatic heterocycles. The van der Waals surface area contributed by atoms with Crippen molar-refractivity contribution in [2.45, 2.75) is 6.61 Å². The summed E-state index contributed by atoms with van der Waals surface area (Å²) in [5.74, 6) is 0. The molecule has 1 heterocycles. The first-order chi connectivity index (χ1) is 11.7. The number of non-ortho nitro benzene ring substituents is 1. The van der Waals surface area contributed by atoms with Crippen LogP contribution < -0.4 is 0 Å². The average Bonchev–Trinajstić information content (AvgIpc) is 3.09. The predicted octanol–water partition coefficient (Wildman–Crippen LogP) is 4.27. The lowest BCUT2D eigenvalue weighted by molar-refractivity contribution is -0.384. The number of hydrogen-bond acceptors (Lipinski definition) is 6. The van der Waals surface area contributed by atoms with Crippen LogP contribution in [0.15, 0.2) is 65.1 Å². The Morgan fingerprint density at radius 3 is 2.83 bits per heavy atom. The maximum Gasteiger partial charge on any atom is 0.270 e. The predicted molar refractivity (Wildman–Crippen MR) is 93.0 cm³/mol. The van der Waals surface area contributed by atoms with Gasteiger partial charge in [0.2, 0.25) is 0 Å².